The second-order valence-electron chi connectivity index (χ2n) is 6.66. The molecule has 21 heavy (non-hydrogen) atoms. The summed E-state index contributed by atoms with van der Waals surface area (Å²) in [5.74, 6) is 0.809. The smallest absolute Gasteiger partial charge is 0.177 e. The van der Waals surface area contributed by atoms with Gasteiger partial charge in [-0.3, -0.25) is 0 Å². The first-order chi connectivity index (χ1) is 9.51. The van der Waals surface area contributed by atoms with Gasteiger partial charge in [-0.25, -0.2) is 13.4 Å². The Hall–Kier alpha value is -1.40. The van der Waals surface area contributed by atoms with Crippen LogP contribution in [0.5, 0.6) is 0 Å². The predicted octanol–water partition coefficient (Wildman–Crippen LogP) is 1.89. The van der Waals surface area contributed by atoms with E-state index in [2.05, 4.69) is 25.8 Å². The number of nitrogens with two attached hydrogens (primary N) is 1. The average Bonchev–Trinajstić information content (AvgIpc) is 2.64. The topological polar surface area (TPSA) is 78.0 Å². The van der Waals surface area contributed by atoms with E-state index in [1.165, 1.54) is 6.26 Å². The van der Waals surface area contributed by atoms with Gasteiger partial charge in [0.2, 0.25) is 0 Å². The third-order valence-electron chi connectivity index (χ3n) is 3.88. The lowest BCUT2D eigenvalue weighted by Gasteiger charge is -2.26. The van der Waals surface area contributed by atoms with Crippen molar-refractivity contribution in [3.8, 4) is 0 Å². The van der Waals surface area contributed by atoms with Gasteiger partial charge in [0.05, 0.1) is 10.4 Å². The lowest BCUT2D eigenvalue weighted by atomic mass is 9.85. The van der Waals surface area contributed by atoms with Gasteiger partial charge in [0.1, 0.15) is 11.3 Å². The second-order valence-corrected chi connectivity index (χ2v) is 8.64. The van der Waals surface area contributed by atoms with Crippen molar-refractivity contribution in [2.24, 2.45) is 18.2 Å². The number of hydrogen-bond acceptors (Lipinski definition) is 4. The molecule has 116 valence electrons. The summed E-state index contributed by atoms with van der Waals surface area (Å²) in [7, 11) is -1.40. The minimum absolute atomic E-state index is 0.0300. The van der Waals surface area contributed by atoms with Crippen molar-refractivity contribution in [1.29, 1.82) is 0 Å². The van der Waals surface area contributed by atoms with Crippen LogP contribution in [-0.2, 0) is 23.3 Å². The number of hydrogen-bond donors (Lipinski definition) is 1. The van der Waals surface area contributed by atoms with Crippen LogP contribution in [0.15, 0.2) is 23.1 Å². The van der Waals surface area contributed by atoms with Crippen LogP contribution in [0.25, 0.3) is 11.0 Å². The van der Waals surface area contributed by atoms with Gasteiger partial charge in [0.25, 0.3) is 0 Å². The molecule has 0 aliphatic carbocycles. The molecule has 1 unspecified atom stereocenters. The Kier molecular flexibility index (Phi) is 3.88. The number of rotatable bonds is 3. The Morgan fingerprint density at radius 1 is 1.33 bits per heavy atom. The molecule has 2 N–H and O–H groups in total. The molecule has 0 spiro atoms. The number of fused-ring (bicyclic) bond motifs is 1. The molecule has 0 saturated heterocycles. The molecule has 5 nitrogen and oxygen atoms in total. The molecule has 0 fully saturated rings. The summed E-state index contributed by atoms with van der Waals surface area (Å²) in [5.41, 5.74) is 7.54. The Bertz CT molecular complexity index is 770. The number of nitrogens with zero attached hydrogens (tertiary/aromatic N) is 2. The molecule has 2 aromatic rings. The normalized spacial score (nSPS) is 14.6. The van der Waals surface area contributed by atoms with Crippen LogP contribution in [0.2, 0.25) is 0 Å². The molecule has 1 aromatic carbocycles. The van der Waals surface area contributed by atoms with Crippen molar-refractivity contribution in [1.82, 2.24) is 9.55 Å². The van der Waals surface area contributed by atoms with Crippen LogP contribution in [0, 0.1) is 5.41 Å². The summed E-state index contributed by atoms with van der Waals surface area (Å²) in [6.45, 7) is 6.26. The molecule has 0 radical (unpaired) electrons. The van der Waals surface area contributed by atoms with Crippen LogP contribution in [0.4, 0.5) is 0 Å². The van der Waals surface area contributed by atoms with Gasteiger partial charge in [-0.2, -0.15) is 0 Å². The molecule has 0 bridgehead atoms. The van der Waals surface area contributed by atoms with E-state index in [-0.39, 0.29) is 16.4 Å². The standard InChI is InChI=1S/C15H23N3O2S/c1-15(2,3)12(16)9-13-17-14-10(18(13)4)7-6-8-11(14)21(5,19)20/h6-8,12H,9,16H2,1-5H3. The maximum absolute atomic E-state index is 11.9. The fourth-order valence-electron chi connectivity index (χ4n) is 2.22. The zero-order chi connectivity index (χ0) is 16.0. The molecule has 0 aliphatic rings. The predicted molar refractivity (Wildman–Crippen MR) is 85.0 cm³/mol. The number of aromatic nitrogens is 2. The van der Waals surface area contributed by atoms with Gasteiger partial charge in [0.15, 0.2) is 9.84 Å². The fraction of sp³-hybridized carbons (Fsp3) is 0.533. The highest BCUT2D eigenvalue weighted by Crippen LogP contribution is 2.25. The highest BCUT2D eigenvalue weighted by atomic mass is 32.2. The Morgan fingerprint density at radius 3 is 2.48 bits per heavy atom. The number of benzene rings is 1. The third kappa shape index (κ3) is 3.11. The third-order valence-corrected chi connectivity index (χ3v) is 5.01. The van der Waals surface area contributed by atoms with Crippen molar-refractivity contribution >= 4 is 20.9 Å². The van der Waals surface area contributed by atoms with Crippen LogP contribution in [0.3, 0.4) is 0 Å². The van der Waals surface area contributed by atoms with Crippen LogP contribution >= 0.6 is 0 Å². The van der Waals surface area contributed by atoms with Gasteiger partial charge in [-0.05, 0) is 17.5 Å². The zero-order valence-electron chi connectivity index (χ0n) is 13.2. The summed E-state index contributed by atoms with van der Waals surface area (Å²) in [6.07, 6.45) is 1.81. The summed E-state index contributed by atoms with van der Waals surface area (Å²) in [6, 6.07) is 5.17. The van der Waals surface area contributed by atoms with Gasteiger partial charge in [0, 0.05) is 25.8 Å². The van der Waals surface area contributed by atoms with Crippen molar-refractivity contribution in [3.63, 3.8) is 0 Å². The highest BCUT2D eigenvalue weighted by Gasteiger charge is 2.24. The minimum atomic E-state index is -3.30. The van der Waals surface area contributed by atoms with Crippen molar-refractivity contribution in [2.45, 2.75) is 38.1 Å². The van der Waals surface area contributed by atoms with Gasteiger partial charge in [-0.1, -0.05) is 26.8 Å². The molecule has 1 atom stereocenters. The summed E-state index contributed by atoms with van der Waals surface area (Å²) in [4.78, 5) is 4.81. The average molecular weight is 309 g/mol. The number of para-hydroxylation sites is 1. The zero-order valence-corrected chi connectivity index (χ0v) is 14.0. The maximum atomic E-state index is 11.9. The molecule has 1 aromatic heterocycles. The van der Waals surface area contributed by atoms with E-state index in [1.807, 2.05) is 17.7 Å². The van der Waals surface area contributed by atoms with Crippen molar-refractivity contribution in [3.05, 3.63) is 24.0 Å². The molecular formula is C15H23N3O2S. The molecular weight excluding hydrogens is 286 g/mol. The molecule has 6 heteroatoms. The van der Waals surface area contributed by atoms with Crippen molar-refractivity contribution in [2.75, 3.05) is 6.26 Å². The Morgan fingerprint density at radius 2 is 1.95 bits per heavy atom. The summed E-state index contributed by atoms with van der Waals surface area (Å²) in [5, 5.41) is 0. The van der Waals surface area contributed by atoms with E-state index in [1.54, 1.807) is 12.1 Å². The van der Waals surface area contributed by atoms with Gasteiger partial charge in [-0.15, -0.1) is 0 Å². The van der Waals surface area contributed by atoms with Crippen LogP contribution < -0.4 is 5.73 Å². The number of imidazole rings is 1. The maximum Gasteiger partial charge on any atom is 0.177 e. The van der Waals surface area contributed by atoms with Crippen molar-refractivity contribution < 1.29 is 8.42 Å². The quantitative estimate of drug-likeness (QED) is 0.939. The van der Waals surface area contributed by atoms with E-state index in [0.29, 0.717) is 11.9 Å². The second kappa shape index (κ2) is 5.10. The Balaban J connectivity index is 2.57. The molecule has 2 rings (SSSR count). The fourth-order valence-corrected chi connectivity index (χ4v) is 3.05. The first-order valence-corrected chi connectivity index (χ1v) is 8.81. The molecule has 0 saturated carbocycles. The van der Waals surface area contributed by atoms with E-state index in [0.717, 1.165) is 11.3 Å². The van der Waals surface area contributed by atoms with E-state index in [9.17, 15) is 8.42 Å². The lowest BCUT2D eigenvalue weighted by Crippen LogP contribution is -2.37. The molecule has 0 amide bonds. The van der Waals surface area contributed by atoms with Gasteiger partial charge >= 0.3 is 0 Å². The van der Waals surface area contributed by atoms with E-state index in [4.69, 9.17) is 5.73 Å². The molecule has 0 aliphatic heterocycles. The van der Waals surface area contributed by atoms with Crippen LogP contribution in [0.1, 0.15) is 26.6 Å². The largest absolute Gasteiger partial charge is 0.331 e. The summed E-state index contributed by atoms with van der Waals surface area (Å²) < 4.78 is 25.7. The van der Waals surface area contributed by atoms with Gasteiger partial charge < -0.3 is 10.3 Å². The molecule has 1 heterocycles. The monoisotopic (exact) mass is 309 g/mol. The van der Waals surface area contributed by atoms with Crippen LogP contribution in [-0.4, -0.2) is 30.3 Å². The minimum Gasteiger partial charge on any atom is -0.331 e. The highest BCUT2D eigenvalue weighted by molar-refractivity contribution is 7.91. The SMILES string of the molecule is Cn1c(CC(N)C(C)(C)C)nc2c(S(C)(=O)=O)cccc21. The Labute approximate surface area is 126 Å². The van der Waals surface area contributed by atoms with E-state index >= 15 is 0 Å². The first-order valence-electron chi connectivity index (χ1n) is 6.92. The first kappa shape index (κ1) is 16.0. The number of sulfone groups is 1. The van der Waals surface area contributed by atoms with E-state index < -0.39 is 9.84 Å². The summed E-state index contributed by atoms with van der Waals surface area (Å²) >= 11 is 0. The lowest BCUT2D eigenvalue weighted by molar-refractivity contribution is 0.313. The number of aryl methyl sites for hydroxylation is 1.